The van der Waals surface area contributed by atoms with E-state index < -0.39 is 0 Å². The maximum atomic E-state index is 12.6. The summed E-state index contributed by atoms with van der Waals surface area (Å²) in [5, 5.41) is 0.961. The molecule has 0 saturated carbocycles. The molecule has 2 heterocycles. The molecule has 0 radical (unpaired) electrons. The molecule has 0 spiro atoms. The van der Waals surface area contributed by atoms with Crippen LogP contribution in [0, 0.1) is 6.92 Å². The van der Waals surface area contributed by atoms with Crippen molar-refractivity contribution >= 4 is 41.2 Å². The number of aldehydes is 1. The summed E-state index contributed by atoms with van der Waals surface area (Å²) in [6.07, 6.45) is 2.16. The van der Waals surface area contributed by atoms with Crippen molar-refractivity contribution in [1.29, 1.82) is 0 Å². The zero-order valence-corrected chi connectivity index (χ0v) is 15.3. The third kappa shape index (κ3) is 3.70. The minimum absolute atomic E-state index is 0.0000195. The molecule has 1 aromatic heterocycles. The molecule has 3 rings (SSSR count). The number of hydrogen-bond acceptors (Lipinski definition) is 3. The van der Waals surface area contributed by atoms with Gasteiger partial charge in [0.2, 0.25) is 5.91 Å². The van der Waals surface area contributed by atoms with E-state index >= 15 is 0 Å². The monoisotopic (exact) mass is 376 g/mol. The Morgan fingerprint density at radius 3 is 2.72 bits per heavy atom. The van der Waals surface area contributed by atoms with Gasteiger partial charge >= 0.3 is 0 Å². The fourth-order valence-electron chi connectivity index (χ4n) is 3.42. The van der Waals surface area contributed by atoms with Crippen molar-refractivity contribution in [2.45, 2.75) is 38.1 Å². The number of aryl methyl sites for hydroxylation is 1. The number of amides is 1. The molecule has 1 unspecified atom stereocenters. The van der Waals surface area contributed by atoms with Gasteiger partial charge in [0.1, 0.15) is 12.1 Å². The average Bonchev–Trinajstić information content (AvgIpc) is 2.58. The van der Waals surface area contributed by atoms with E-state index in [0.29, 0.717) is 28.7 Å². The summed E-state index contributed by atoms with van der Waals surface area (Å²) in [5.74, 6) is 0.572. The molecule has 1 fully saturated rings. The Labute approximate surface area is 156 Å². The summed E-state index contributed by atoms with van der Waals surface area (Å²) < 4.78 is 0. The quantitative estimate of drug-likeness (QED) is 0.734. The van der Waals surface area contributed by atoms with Gasteiger partial charge in [0.15, 0.2) is 0 Å². The number of carbonyl (C=O) groups is 2. The van der Waals surface area contributed by atoms with Crippen molar-refractivity contribution in [2.24, 2.45) is 0 Å². The third-order valence-corrected chi connectivity index (χ3v) is 5.30. The predicted molar refractivity (Wildman–Crippen MR) is 99.4 cm³/mol. The number of benzene rings is 1. The Morgan fingerprint density at radius 2 is 2.04 bits per heavy atom. The summed E-state index contributed by atoms with van der Waals surface area (Å²) in [6, 6.07) is 10.8. The zero-order chi connectivity index (χ0) is 18.0. The van der Waals surface area contributed by atoms with Crippen LogP contribution in [0.3, 0.4) is 0 Å². The van der Waals surface area contributed by atoms with E-state index in [4.69, 9.17) is 23.2 Å². The number of pyridine rings is 1. The standard InChI is InChI=1S/C19H18Cl2N2O2/c1-12-3-2-4-18(22-12)23-17(9-10-24)14(6-8-19(23)25)13-5-7-15(20)16(21)11-13/h2-5,7,10-11,14,17H,6,8-9H2,1H3/t14-,17?/m0/s1. The molecule has 0 bridgehead atoms. The largest absolute Gasteiger partial charge is 0.303 e. The molecule has 2 atom stereocenters. The van der Waals surface area contributed by atoms with Crippen molar-refractivity contribution in [1.82, 2.24) is 4.98 Å². The molecular formula is C19H18Cl2N2O2. The zero-order valence-electron chi connectivity index (χ0n) is 13.8. The van der Waals surface area contributed by atoms with Crippen LogP contribution in [0.5, 0.6) is 0 Å². The van der Waals surface area contributed by atoms with Gasteiger partial charge < -0.3 is 4.79 Å². The molecule has 1 saturated heterocycles. The molecule has 0 N–H and O–H groups in total. The highest BCUT2D eigenvalue weighted by Crippen LogP contribution is 2.38. The van der Waals surface area contributed by atoms with Crippen LogP contribution >= 0.6 is 23.2 Å². The lowest BCUT2D eigenvalue weighted by Crippen LogP contribution is -2.48. The van der Waals surface area contributed by atoms with Crippen molar-refractivity contribution in [2.75, 3.05) is 4.90 Å². The van der Waals surface area contributed by atoms with Gasteiger partial charge in [-0.3, -0.25) is 9.69 Å². The van der Waals surface area contributed by atoms with Crippen molar-refractivity contribution < 1.29 is 9.59 Å². The molecule has 1 amide bonds. The Morgan fingerprint density at radius 1 is 1.24 bits per heavy atom. The number of halogens is 2. The van der Waals surface area contributed by atoms with Gasteiger partial charge in [0.25, 0.3) is 0 Å². The lowest BCUT2D eigenvalue weighted by molar-refractivity contribution is -0.120. The molecule has 1 aliphatic rings. The summed E-state index contributed by atoms with van der Waals surface area (Å²) in [6.45, 7) is 1.88. The topological polar surface area (TPSA) is 50.3 Å². The van der Waals surface area contributed by atoms with Crippen LogP contribution in [0.1, 0.15) is 36.4 Å². The first-order valence-corrected chi connectivity index (χ1v) is 8.91. The van der Waals surface area contributed by atoms with Crippen LogP contribution in [0.4, 0.5) is 5.82 Å². The fraction of sp³-hybridized carbons (Fsp3) is 0.316. The van der Waals surface area contributed by atoms with Gasteiger partial charge in [-0.15, -0.1) is 0 Å². The maximum absolute atomic E-state index is 12.6. The molecule has 1 aliphatic heterocycles. The van der Waals surface area contributed by atoms with E-state index in [-0.39, 0.29) is 24.3 Å². The lowest BCUT2D eigenvalue weighted by atomic mass is 9.82. The van der Waals surface area contributed by atoms with E-state index in [2.05, 4.69) is 4.98 Å². The Balaban J connectivity index is 2.03. The second-order valence-corrected chi connectivity index (χ2v) is 7.00. The van der Waals surface area contributed by atoms with Gasteiger partial charge in [-0.2, -0.15) is 0 Å². The van der Waals surface area contributed by atoms with Gasteiger partial charge in [0.05, 0.1) is 16.1 Å². The van der Waals surface area contributed by atoms with Crippen LogP contribution in [-0.2, 0) is 9.59 Å². The molecule has 6 heteroatoms. The third-order valence-electron chi connectivity index (χ3n) is 4.56. The summed E-state index contributed by atoms with van der Waals surface area (Å²) >= 11 is 12.2. The van der Waals surface area contributed by atoms with E-state index in [1.54, 1.807) is 17.0 Å². The smallest absolute Gasteiger partial charge is 0.228 e. The van der Waals surface area contributed by atoms with Crippen LogP contribution in [0.2, 0.25) is 10.0 Å². The first kappa shape index (κ1) is 17.9. The van der Waals surface area contributed by atoms with E-state index in [1.165, 1.54) is 0 Å². The van der Waals surface area contributed by atoms with Crippen molar-refractivity contribution in [3.05, 3.63) is 57.7 Å². The second-order valence-electron chi connectivity index (χ2n) is 6.19. The van der Waals surface area contributed by atoms with Gasteiger partial charge in [-0.1, -0.05) is 35.3 Å². The fourth-order valence-corrected chi connectivity index (χ4v) is 3.72. The minimum Gasteiger partial charge on any atom is -0.303 e. The number of aromatic nitrogens is 1. The van der Waals surface area contributed by atoms with Gasteiger partial charge in [-0.05, 0) is 43.2 Å². The molecule has 25 heavy (non-hydrogen) atoms. The molecule has 4 nitrogen and oxygen atoms in total. The average molecular weight is 377 g/mol. The van der Waals surface area contributed by atoms with E-state index in [9.17, 15) is 9.59 Å². The van der Waals surface area contributed by atoms with Crippen LogP contribution < -0.4 is 4.90 Å². The predicted octanol–water partition coefficient (Wildman–Crippen LogP) is 4.57. The SMILES string of the molecule is Cc1cccc(N2C(=O)CC[C@@H](c3ccc(Cl)c(Cl)c3)C2CC=O)n1. The Hall–Kier alpha value is -1.91. The lowest BCUT2D eigenvalue weighted by Gasteiger charge is -2.40. The summed E-state index contributed by atoms with van der Waals surface area (Å²) in [7, 11) is 0. The first-order chi connectivity index (χ1) is 12.0. The van der Waals surface area contributed by atoms with Crippen molar-refractivity contribution in [3.63, 3.8) is 0 Å². The van der Waals surface area contributed by atoms with Crippen molar-refractivity contribution in [3.8, 4) is 0 Å². The molecular weight excluding hydrogens is 359 g/mol. The maximum Gasteiger partial charge on any atom is 0.228 e. The minimum atomic E-state index is -0.287. The van der Waals surface area contributed by atoms with E-state index in [1.807, 2.05) is 31.2 Å². The highest BCUT2D eigenvalue weighted by molar-refractivity contribution is 6.42. The number of rotatable bonds is 4. The molecule has 2 aromatic rings. The number of carbonyl (C=O) groups excluding carboxylic acids is 2. The number of anilines is 1. The van der Waals surface area contributed by atoms with Crippen LogP contribution in [0.15, 0.2) is 36.4 Å². The molecule has 130 valence electrons. The molecule has 0 aliphatic carbocycles. The Bertz CT molecular complexity index is 810. The molecule has 1 aromatic carbocycles. The number of hydrogen-bond donors (Lipinski definition) is 0. The Kier molecular flexibility index (Phi) is 5.40. The van der Waals surface area contributed by atoms with Gasteiger partial charge in [0, 0.05) is 24.5 Å². The number of nitrogens with zero attached hydrogens (tertiary/aromatic N) is 2. The normalized spacial score (nSPS) is 20.6. The second kappa shape index (κ2) is 7.54. The summed E-state index contributed by atoms with van der Waals surface area (Å²) in [4.78, 5) is 30.1. The summed E-state index contributed by atoms with van der Waals surface area (Å²) in [5.41, 5.74) is 1.80. The van der Waals surface area contributed by atoms with E-state index in [0.717, 1.165) is 17.5 Å². The first-order valence-electron chi connectivity index (χ1n) is 8.15. The number of piperidine rings is 1. The van der Waals surface area contributed by atoms with Gasteiger partial charge in [-0.25, -0.2) is 4.98 Å². The van der Waals surface area contributed by atoms with Crippen LogP contribution in [-0.4, -0.2) is 23.2 Å². The van der Waals surface area contributed by atoms with Crippen LogP contribution in [0.25, 0.3) is 0 Å². The highest BCUT2D eigenvalue weighted by atomic mass is 35.5. The highest BCUT2D eigenvalue weighted by Gasteiger charge is 2.38.